The summed E-state index contributed by atoms with van der Waals surface area (Å²) >= 11 is 0. The molecule has 0 aliphatic heterocycles. The number of nitrogens with zero attached hydrogens (tertiary/aromatic N) is 2. The summed E-state index contributed by atoms with van der Waals surface area (Å²) in [4.78, 5) is 27.4. The largest absolute Gasteiger partial charge is 0.355 e. The third-order valence-corrected chi connectivity index (χ3v) is 6.44. The highest BCUT2D eigenvalue weighted by Gasteiger charge is 2.30. The van der Waals surface area contributed by atoms with Crippen LogP contribution in [0.3, 0.4) is 0 Å². The number of nitrogens with one attached hydrogen (secondary N) is 1. The zero-order valence-corrected chi connectivity index (χ0v) is 20.3. The summed E-state index contributed by atoms with van der Waals surface area (Å²) in [5.41, 5.74) is 3.14. The fourth-order valence-electron chi connectivity index (χ4n) is 3.47. The maximum absolute atomic E-state index is 13.4. The number of aryl methyl sites for hydroxylation is 2. The van der Waals surface area contributed by atoms with Gasteiger partial charge in [-0.1, -0.05) is 42.5 Å². The second-order valence-corrected chi connectivity index (χ2v) is 9.86. The highest BCUT2D eigenvalue weighted by molar-refractivity contribution is 7.92. The quantitative estimate of drug-likeness (QED) is 0.592. The molecule has 0 aliphatic carbocycles. The first-order valence-corrected chi connectivity index (χ1v) is 12.6. The Labute approximate surface area is 191 Å². The van der Waals surface area contributed by atoms with Gasteiger partial charge in [0.1, 0.15) is 12.6 Å². The summed E-state index contributed by atoms with van der Waals surface area (Å²) in [7, 11) is -3.72. The molecule has 2 amide bonds. The SMILES string of the molecule is CCNC(=O)[C@@H](C)N(CCc1ccccc1)C(=O)CN(c1cc(C)ccc1C)S(C)(=O)=O. The molecule has 174 valence electrons. The smallest absolute Gasteiger partial charge is 0.244 e. The lowest BCUT2D eigenvalue weighted by Crippen LogP contribution is -2.52. The minimum atomic E-state index is -3.72. The third kappa shape index (κ3) is 6.82. The summed E-state index contributed by atoms with van der Waals surface area (Å²) in [6.45, 7) is 7.52. The standard InChI is InChI=1S/C24H33N3O4S/c1-6-25-24(29)20(4)26(15-14-21-10-8-7-9-11-21)23(28)17-27(32(5,30)31)22-16-18(2)12-13-19(22)3/h7-13,16,20H,6,14-15,17H2,1-5H3,(H,25,29)/t20-/m1/s1. The van der Waals surface area contributed by atoms with E-state index in [1.54, 1.807) is 13.0 Å². The van der Waals surface area contributed by atoms with Crippen molar-refractivity contribution in [2.24, 2.45) is 0 Å². The Morgan fingerprint density at radius 2 is 1.72 bits per heavy atom. The molecule has 2 rings (SSSR count). The van der Waals surface area contributed by atoms with Crippen molar-refractivity contribution in [2.45, 2.75) is 40.2 Å². The molecule has 0 aliphatic rings. The highest BCUT2D eigenvalue weighted by atomic mass is 32.2. The third-order valence-electron chi connectivity index (χ3n) is 5.32. The second kappa shape index (κ2) is 11.1. The molecule has 0 bridgehead atoms. The molecule has 1 atom stereocenters. The van der Waals surface area contributed by atoms with Crippen LogP contribution < -0.4 is 9.62 Å². The van der Waals surface area contributed by atoms with E-state index in [0.29, 0.717) is 25.2 Å². The molecule has 2 aromatic carbocycles. The van der Waals surface area contributed by atoms with Gasteiger partial charge < -0.3 is 10.2 Å². The van der Waals surface area contributed by atoms with Crippen molar-refractivity contribution in [3.8, 4) is 0 Å². The van der Waals surface area contributed by atoms with Gasteiger partial charge in [0.2, 0.25) is 21.8 Å². The van der Waals surface area contributed by atoms with E-state index in [1.165, 1.54) is 4.90 Å². The molecule has 32 heavy (non-hydrogen) atoms. The van der Waals surface area contributed by atoms with Gasteiger partial charge in [-0.15, -0.1) is 0 Å². The fraction of sp³-hybridized carbons (Fsp3) is 0.417. The zero-order valence-electron chi connectivity index (χ0n) is 19.5. The summed E-state index contributed by atoms with van der Waals surface area (Å²) in [6, 6.07) is 14.4. The summed E-state index contributed by atoms with van der Waals surface area (Å²) in [5, 5.41) is 2.75. The average Bonchev–Trinajstić information content (AvgIpc) is 2.74. The van der Waals surface area contributed by atoms with Crippen LogP contribution in [0.5, 0.6) is 0 Å². The van der Waals surface area contributed by atoms with E-state index >= 15 is 0 Å². The monoisotopic (exact) mass is 459 g/mol. The van der Waals surface area contributed by atoms with Crippen molar-refractivity contribution < 1.29 is 18.0 Å². The first kappa shape index (κ1) is 25.4. The number of likely N-dealkylation sites (N-methyl/N-ethyl adjacent to an activating group) is 1. The fourth-order valence-corrected chi connectivity index (χ4v) is 4.37. The Morgan fingerprint density at radius 1 is 1.06 bits per heavy atom. The molecule has 0 unspecified atom stereocenters. The number of hydrogen-bond donors (Lipinski definition) is 1. The Balaban J connectivity index is 2.34. The minimum absolute atomic E-state index is 0.272. The van der Waals surface area contributed by atoms with Crippen LogP contribution in [-0.4, -0.2) is 57.1 Å². The van der Waals surface area contributed by atoms with E-state index < -0.39 is 22.0 Å². The van der Waals surface area contributed by atoms with Gasteiger partial charge in [-0.25, -0.2) is 8.42 Å². The van der Waals surface area contributed by atoms with Gasteiger partial charge in [-0.2, -0.15) is 0 Å². The molecule has 7 nitrogen and oxygen atoms in total. The van der Waals surface area contributed by atoms with Crippen LogP contribution in [0.25, 0.3) is 0 Å². The van der Waals surface area contributed by atoms with Gasteiger partial charge >= 0.3 is 0 Å². The van der Waals surface area contributed by atoms with Gasteiger partial charge in [0, 0.05) is 13.1 Å². The lowest BCUT2D eigenvalue weighted by atomic mass is 10.1. The zero-order chi connectivity index (χ0) is 23.9. The Kier molecular flexibility index (Phi) is 8.83. The Hall–Kier alpha value is -2.87. The van der Waals surface area contributed by atoms with Crippen LogP contribution in [0, 0.1) is 13.8 Å². The summed E-state index contributed by atoms with van der Waals surface area (Å²) in [5.74, 6) is -0.697. The Bertz CT molecular complexity index is 1040. The van der Waals surface area contributed by atoms with Crippen LogP contribution in [0.1, 0.15) is 30.5 Å². The predicted octanol–water partition coefficient (Wildman–Crippen LogP) is 2.67. The van der Waals surface area contributed by atoms with Crippen LogP contribution in [-0.2, 0) is 26.0 Å². The van der Waals surface area contributed by atoms with Gasteiger partial charge in [-0.3, -0.25) is 13.9 Å². The van der Waals surface area contributed by atoms with Gasteiger partial charge in [0.15, 0.2) is 0 Å². The molecule has 0 saturated carbocycles. The predicted molar refractivity (Wildman–Crippen MR) is 128 cm³/mol. The van der Waals surface area contributed by atoms with Crippen molar-refractivity contribution in [2.75, 3.05) is 30.2 Å². The van der Waals surface area contributed by atoms with Crippen molar-refractivity contribution in [1.82, 2.24) is 10.2 Å². The van der Waals surface area contributed by atoms with Gasteiger partial charge in [0.25, 0.3) is 0 Å². The van der Waals surface area contributed by atoms with E-state index in [-0.39, 0.29) is 12.5 Å². The van der Waals surface area contributed by atoms with Gasteiger partial charge in [0.05, 0.1) is 11.9 Å². The first-order chi connectivity index (χ1) is 15.0. The van der Waals surface area contributed by atoms with Crippen LogP contribution in [0.2, 0.25) is 0 Å². The minimum Gasteiger partial charge on any atom is -0.355 e. The average molecular weight is 460 g/mol. The molecule has 0 heterocycles. The molecular formula is C24H33N3O4S. The highest BCUT2D eigenvalue weighted by Crippen LogP contribution is 2.24. The lowest BCUT2D eigenvalue weighted by Gasteiger charge is -2.32. The number of carbonyl (C=O) groups is 2. The van der Waals surface area contributed by atoms with Crippen LogP contribution in [0.4, 0.5) is 5.69 Å². The first-order valence-electron chi connectivity index (χ1n) is 10.7. The van der Waals surface area contributed by atoms with Crippen molar-refractivity contribution in [3.63, 3.8) is 0 Å². The van der Waals surface area contributed by atoms with E-state index in [0.717, 1.165) is 27.3 Å². The van der Waals surface area contributed by atoms with Crippen molar-refractivity contribution in [1.29, 1.82) is 0 Å². The van der Waals surface area contributed by atoms with E-state index in [2.05, 4.69) is 5.32 Å². The maximum Gasteiger partial charge on any atom is 0.244 e. The molecule has 0 aromatic heterocycles. The van der Waals surface area contributed by atoms with Crippen molar-refractivity contribution >= 4 is 27.5 Å². The molecule has 2 aromatic rings. The topological polar surface area (TPSA) is 86.8 Å². The van der Waals surface area contributed by atoms with E-state index in [9.17, 15) is 18.0 Å². The van der Waals surface area contributed by atoms with Crippen molar-refractivity contribution in [3.05, 3.63) is 65.2 Å². The molecule has 0 fully saturated rings. The van der Waals surface area contributed by atoms with Crippen LogP contribution >= 0.6 is 0 Å². The Morgan fingerprint density at radius 3 is 2.31 bits per heavy atom. The molecular weight excluding hydrogens is 426 g/mol. The maximum atomic E-state index is 13.4. The normalized spacial score (nSPS) is 12.2. The molecule has 8 heteroatoms. The molecule has 0 radical (unpaired) electrons. The van der Waals surface area contributed by atoms with Gasteiger partial charge in [-0.05, 0) is 56.9 Å². The number of anilines is 1. The number of benzene rings is 2. The summed E-state index contributed by atoms with van der Waals surface area (Å²) < 4.78 is 26.4. The number of carbonyl (C=O) groups excluding carboxylic acids is 2. The number of rotatable bonds is 10. The van der Waals surface area contributed by atoms with Crippen LogP contribution in [0.15, 0.2) is 48.5 Å². The second-order valence-electron chi connectivity index (χ2n) is 7.95. The molecule has 0 saturated heterocycles. The number of amides is 2. The van der Waals surface area contributed by atoms with E-state index in [1.807, 2.05) is 63.2 Å². The number of hydrogen-bond acceptors (Lipinski definition) is 4. The lowest BCUT2D eigenvalue weighted by molar-refractivity contribution is -0.138. The number of sulfonamides is 1. The van der Waals surface area contributed by atoms with E-state index in [4.69, 9.17) is 0 Å². The molecule has 1 N–H and O–H groups in total. The molecule has 0 spiro atoms. The summed E-state index contributed by atoms with van der Waals surface area (Å²) in [6.07, 6.45) is 1.64.